The Morgan fingerprint density at radius 2 is 1.89 bits per heavy atom. The Morgan fingerprint density at radius 1 is 1.22 bits per heavy atom. The molecule has 7 heteroatoms. The summed E-state index contributed by atoms with van der Waals surface area (Å²) >= 11 is 0. The average molecular weight is 373 g/mol. The Kier molecular flexibility index (Phi) is 4.72. The molecule has 1 fully saturated rings. The Balaban J connectivity index is 1.68. The Labute approximate surface area is 159 Å². The van der Waals surface area contributed by atoms with E-state index in [-0.39, 0.29) is 36.4 Å². The Morgan fingerprint density at radius 3 is 2.56 bits per heavy atom. The quantitative estimate of drug-likeness (QED) is 0.832. The average Bonchev–Trinajstić information content (AvgIpc) is 3.17. The third kappa shape index (κ3) is 3.14. The number of nitrogens with zero attached hydrogens (tertiary/aromatic N) is 1. The molecule has 2 heterocycles. The number of carbonyl (C=O) groups excluding carboxylic acids is 2. The molecule has 0 aromatic heterocycles. The van der Waals surface area contributed by atoms with Crippen molar-refractivity contribution in [3.05, 3.63) is 23.3 Å². The number of rotatable bonds is 3. The van der Waals surface area contributed by atoms with Crippen molar-refractivity contribution in [1.29, 1.82) is 0 Å². The first-order valence-electron chi connectivity index (χ1n) is 9.74. The second kappa shape index (κ2) is 7.03. The van der Waals surface area contributed by atoms with E-state index < -0.39 is 0 Å². The van der Waals surface area contributed by atoms with Crippen LogP contribution in [-0.4, -0.2) is 49.6 Å². The molecule has 146 valence electrons. The Hall–Kier alpha value is -2.28. The van der Waals surface area contributed by atoms with E-state index in [1.165, 1.54) is 5.56 Å². The van der Waals surface area contributed by atoms with Gasteiger partial charge in [0.25, 0.3) is 0 Å². The highest BCUT2D eigenvalue weighted by atomic mass is 16.6. The lowest BCUT2D eigenvalue weighted by Gasteiger charge is -2.46. The van der Waals surface area contributed by atoms with Crippen LogP contribution in [0.25, 0.3) is 0 Å². The van der Waals surface area contributed by atoms with Gasteiger partial charge in [-0.15, -0.1) is 0 Å². The summed E-state index contributed by atoms with van der Waals surface area (Å²) < 4.78 is 11.6. The minimum absolute atomic E-state index is 0.0175. The number of fused-ring (bicyclic) bond motifs is 3. The molecule has 1 unspecified atom stereocenters. The topological polar surface area (TPSA) is 93.9 Å². The fourth-order valence-corrected chi connectivity index (χ4v) is 4.76. The molecule has 1 atom stereocenters. The largest absolute Gasteiger partial charge is 0.486 e. The van der Waals surface area contributed by atoms with Crippen LogP contribution in [0.2, 0.25) is 0 Å². The fraction of sp³-hybridized carbons (Fsp3) is 0.600. The van der Waals surface area contributed by atoms with Gasteiger partial charge in [-0.2, -0.15) is 0 Å². The molecule has 2 aliphatic heterocycles. The zero-order valence-electron chi connectivity index (χ0n) is 15.8. The number of amides is 2. The van der Waals surface area contributed by atoms with E-state index in [4.69, 9.17) is 15.2 Å². The summed E-state index contributed by atoms with van der Waals surface area (Å²) in [6, 6.07) is 4.11. The van der Waals surface area contributed by atoms with Gasteiger partial charge < -0.3 is 25.4 Å². The minimum Gasteiger partial charge on any atom is -0.486 e. The molecule has 7 nitrogen and oxygen atoms in total. The van der Waals surface area contributed by atoms with Crippen LogP contribution in [0, 0.1) is 0 Å². The zero-order chi connectivity index (χ0) is 19.0. The molecule has 0 bridgehead atoms. The SMILES string of the molecule is CC1c2cc3c(cc2C2(CCCC2)CN1C(=O)CNC(=O)CN)OCCO3. The van der Waals surface area contributed by atoms with Gasteiger partial charge in [0.2, 0.25) is 11.8 Å². The van der Waals surface area contributed by atoms with Crippen LogP contribution >= 0.6 is 0 Å². The number of carbonyl (C=O) groups is 2. The lowest BCUT2D eigenvalue weighted by atomic mass is 9.71. The van der Waals surface area contributed by atoms with Gasteiger partial charge in [-0.1, -0.05) is 12.8 Å². The summed E-state index contributed by atoms with van der Waals surface area (Å²) in [6.45, 7) is 3.70. The maximum Gasteiger partial charge on any atom is 0.242 e. The first-order valence-corrected chi connectivity index (χ1v) is 9.74. The van der Waals surface area contributed by atoms with Crippen molar-refractivity contribution < 1.29 is 19.1 Å². The summed E-state index contributed by atoms with van der Waals surface area (Å²) in [7, 11) is 0. The number of hydrogen-bond acceptors (Lipinski definition) is 5. The second-order valence-electron chi connectivity index (χ2n) is 7.75. The van der Waals surface area contributed by atoms with Gasteiger partial charge in [0.05, 0.1) is 19.1 Å². The highest BCUT2D eigenvalue weighted by Crippen LogP contribution is 2.51. The van der Waals surface area contributed by atoms with Gasteiger partial charge in [0, 0.05) is 12.0 Å². The molecule has 1 saturated carbocycles. The van der Waals surface area contributed by atoms with Crippen LogP contribution in [0.3, 0.4) is 0 Å². The highest BCUT2D eigenvalue weighted by Gasteiger charge is 2.46. The number of benzene rings is 1. The summed E-state index contributed by atoms with van der Waals surface area (Å²) in [5.74, 6) is 1.18. The normalized spacial score (nSPS) is 22.4. The second-order valence-corrected chi connectivity index (χ2v) is 7.75. The molecular weight excluding hydrogens is 346 g/mol. The lowest BCUT2D eigenvalue weighted by molar-refractivity contribution is -0.136. The van der Waals surface area contributed by atoms with Gasteiger partial charge >= 0.3 is 0 Å². The van der Waals surface area contributed by atoms with Gasteiger partial charge in [-0.3, -0.25) is 9.59 Å². The van der Waals surface area contributed by atoms with Gasteiger partial charge in [0.15, 0.2) is 11.5 Å². The molecule has 3 aliphatic rings. The number of nitrogens with one attached hydrogen (secondary N) is 1. The molecule has 0 saturated heterocycles. The van der Waals surface area contributed by atoms with Crippen LogP contribution < -0.4 is 20.5 Å². The predicted molar refractivity (Wildman–Crippen MR) is 99.8 cm³/mol. The van der Waals surface area contributed by atoms with Gasteiger partial charge in [-0.25, -0.2) is 0 Å². The van der Waals surface area contributed by atoms with Crippen molar-refractivity contribution in [2.45, 2.75) is 44.1 Å². The van der Waals surface area contributed by atoms with Crippen molar-refractivity contribution >= 4 is 11.8 Å². The third-order valence-corrected chi connectivity index (χ3v) is 6.18. The predicted octanol–water partition coefficient (Wildman–Crippen LogP) is 1.25. The molecule has 1 spiro atoms. The van der Waals surface area contributed by atoms with Crippen LogP contribution in [0.4, 0.5) is 0 Å². The molecular formula is C20H27N3O4. The van der Waals surface area contributed by atoms with E-state index in [0.717, 1.165) is 42.7 Å². The first-order chi connectivity index (χ1) is 13.0. The van der Waals surface area contributed by atoms with Crippen molar-refractivity contribution in [3.63, 3.8) is 0 Å². The van der Waals surface area contributed by atoms with Crippen LogP contribution in [-0.2, 0) is 15.0 Å². The van der Waals surface area contributed by atoms with Crippen LogP contribution in [0.5, 0.6) is 11.5 Å². The van der Waals surface area contributed by atoms with Gasteiger partial charge in [-0.05, 0) is 43.0 Å². The number of nitrogens with two attached hydrogens (primary N) is 1. The maximum atomic E-state index is 12.9. The zero-order valence-corrected chi connectivity index (χ0v) is 15.8. The smallest absolute Gasteiger partial charge is 0.242 e. The van der Waals surface area contributed by atoms with E-state index in [0.29, 0.717) is 19.8 Å². The highest BCUT2D eigenvalue weighted by molar-refractivity contribution is 5.86. The minimum atomic E-state index is -0.316. The summed E-state index contributed by atoms with van der Waals surface area (Å²) in [5, 5.41) is 2.60. The van der Waals surface area contributed by atoms with Gasteiger partial charge in [0.1, 0.15) is 13.2 Å². The molecule has 1 aromatic rings. The molecule has 0 radical (unpaired) electrons. The standard InChI is InChI=1S/C20H27N3O4/c1-13-14-8-16-17(27-7-6-26-16)9-15(14)20(4-2-3-5-20)12-23(13)19(25)11-22-18(24)10-21/h8-9,13H,2-7,10-12,21H2,1H3,(H,22,24). The Bertz CT molecular complexity index is 758. The monoisotopic (exact) mass is 373 g/mol. The summed E-state index contributed by atoms with van der Waals surface area (Å²) in [4.78, 5) is 26.2. The summed E-state index contributed by atoms with van der Waals surface area (Å²) in [5.41, 5.74) is 7.72. The molecule has 27 heavy (non-hydrogen) atoms. The molecule has 1 aliphatic carbocycles. The molecule has 1 aromatic carbocycles. The third-order valence-electron chi connectivity index (χ3n) is 6.18. The van der Waals surface area contributed by atoms with Crippen LogP contribution in [0.15, 0.2) is 12.1 Å². The van der Waals surface area contributed by atoms with E-state index in [2.05, 4.69) is 11.4 Å². The van der Waals surface area contributed by atoms with E-state index in [1.54, 1.807) is 0 Å². The van der Waals surface area contributed by atoms with Crippen molar-refractivity contribution in [2.75, 3.05) is 32.8 Å². The number of hydrogen-bond donors (Lipinski definition) is 2. The van der Waals surface area contributed by atoms with Crippen LogP contribution in [0.1, 0.15) is 49.8 Å². The molecule has 2 amide bonds. The molecule has 4 rings (SSSR count). The number of ether oxygens (including phenoxy) is 2. The van der Waals surface area contributed by atoms with E-state index >= 15 is 0 Å². The first kappa shape index (κ1) is 18.1. The van der Waals surface area contributed by atoms with Crippen molar-refractivity contribution in [2.24, 2.45) is 5.73 Å². The fourth-order valence-electron chi connectivity index (χ4n) is 4.76. The van der Waals surface area contributed by atoms with Crippen molar-refractivity contribution in [1.82, 2.24) is 10.2 Å². The van der Waals surface area contributed by atoms with E-state index in [1.807, 2.05) is 17.9 Å². The van der Waals surface area contributed by atoms with E-state index in [9.17, 15) is 9.59 Å². The lowest BCUT2D eigenvalue weighted by Crippen LogP contribution is -2.51. The van der Waals surface area contributed by atoms with Crippen molar-refractivity contribution in [3.8, 4) is 11.5 Å². The molecule has 3 N–H and O–H groups in total. The maximum absolute atomic E-state index is 12.9. The summed E-state index contributed by atoms with van der Waals surface area (Å²) in [6.07, 6.45) is 4.44.